The molecule has 0 saturated carbocycles. The Morgan fingerprint density at radius 3 is 2.43 bits per heavy atom. The monoisotopic (exact) mass is 220 g/mol. The molecule has 1 aromatic heterocycles. The van der Waals surface area contributed by atoms with E-state index in [9.17, 15) is 12.8 Å². The van der Waals surface area contributed by atoms with E-state index in [2.05, 4.69) is 9.97 Å². The Balaban J connectivity index is 2.75. The average Bonchev–Trinajstić information content (AvgIpc) is 2.07. The van der Waals surface area contributed by atoms with Crippen LogP contribution < -0.4 is 0 Å². The quantitative estimate of drug-likeness (QED) is 0.747. The second-order valence-electron chi connectivity index (χ2n) is 2.85. The molecule has 0 amide bonds. The molecule has 1 heterocycles. The van der Waals surface area contributed by atoms with Crippen molar-refractivity contribution in [2.45, 2.75) is 18.6 Å². The lowest BCUT2D eigenvalue weighted by Gasteiger charge is -2.05. The SMILES string of the molecule is C[C@@H](Cc1ncc(F)cn1)S(=O)(=O)O. The number of hydrogen-bond donors (Lipinski definition) is 1. The van der Waals surface area contributed by atoms with Crippen molar-refractivity contribution in [3.8, 4) is 0 Å². The van der Waals surface area contributed by atoms with Crippen LogP contribution >= 0.6 is 0 Å². The first kappa shape index (κ1) is 11.0. The van der Waals surface area contributed by atoms with E-state index in [-0.39, 0.29) is 12.2 Å². The Labute approximate surface area is 80.8 Å². The Bertz CT molecular complexity index is 403. The van der Waals surface area contributed by atoms with E-state index in [0.717, 1.165) is 12.4 Å². The van der Waals surface area contributed by atoms with Crippen LogP contribution in [-0.2, 0) is 16.5 Å². The van der Waals surface area contributed by atoms with E-state index in [1.54, 1.807) is 0 Å². The van der Waals surface area contributed by atoms with Crippen molar-refractivity contribution in [1.82, 2.24) is 9.97 Å². The topological polar surface area (TPSA) is 80.2 Å². The van der Waals surface area contributed by atoms with Crippen molar-refractivity contribution in [3.63, 3.8) is 0 Å². The van der Waals surface area contributed by atoms with Crippen LogP contribution in [0, 0.1) is 5.82 Å². The molecule has 0 unspecified atom stereocenters. The van der Waals surface area contributed by atoms with Gasteiger partial charge in [0.2, 0.25) is 0 Å². The fraction of sp³-hybridized carbons (Fsp3) is 0.429. The molecule has 0 spiro atoms. The van der Waals surface area contributed by atoms with E-state index < -0.39 is 21.2 Å². The highest BCUT2D eigenvalue weighted by molar-refractivity contribution is 7.86. The van der Waals surface area contributed by atoms with Crippen molar-refractivity contribution in [3.05, 3.63) is 24.0 Å². The predicted octanol–water partition coefficient (Wildman–Crippen LogP) is 0.435. The predicted molar refractivity (Wildman–Crippen MR) is 46.7 cm³/mol. The highest BCUT2D eigenvalue weighted by atomic mass is 32.2. The Kier molecular flexibility index (Phi) is 3.12. The third-order valence-corrected chi connectivity index (χ3v) is 2.84. The largest absolute Gasteiger partial charge is 0.285 e. The van der Waals surface area contributed by atoms with E-state index in [1.807, 2.05) is 0 Å². The van der Waals surface area contributed by atoms with Crippen molar-refractivity contribution in [2.24, 2.45) is 0 Å². The number of hydrogen-bond acceptors (Lipinski definition) is 4. The van der Waals surface area contributed by atoms with Gasteiger partial charge in [-0.1, -0.05) is 0 Å². The molecule has 0 aliphatic rings. The summed E-state index contributed by atoms with van der Waals surface area (Å²) in [6, 6.07) is 0. The molecule has 1 N–H and O–H groups in total. The minimum absolute atomic E-state index is 0.0425. The van der Waals surface area contributed by atoms with E-state index in [1.165, 1.54) is 6.92 Å². The normalized spacial score (nSPS) is 13.9. The molecule has 0 aliphatic carbocycles. The second-order valence-corrected chi connectivity index (χ2v) is 4.68. The van der Waals surface area contributed by atoms with Crippen LogP contribution in [-0.4, -0.2) is 28.2 Å². The van der Waals surface area contributed by atoms with Crippen LogP contribution in [0.25, 0.3) is 0 Å². The van der Waals surface area contributed by atoms with Crippen LogP contribution in [0.5, 0.6) is 0 Å². The maximum Gasteiger partial charge on any atom is 0.267 e. The highest BCUT2D eigenvalue weighted by Crippen LogP contribution is 2.04. The first-order chi connectivity index (χ1) is 6.39. The lowest BCUT2D eigenvalue weighted by Crippen LogP contribution is -2.20. The van der Waals surface area contributed by atoms with Gasteiger partial charge >= 0.3 is 0 Å². The summed E-state index contributed by atoms with van der Waals surface area (Å²) in [5.74, 6) is -0.412. The van der Waals surface area contributed by atoms with Crippen LogP contribution in [0.1, 0.15) is 12.7 Å². The molecule has 1 aromatic rings. The summed E-state index contributed by atoms with van der Waals surface area (Å²) >= 11 is 0. The molecule has 1 rings (SSSR count). The highest BCUT2D eigenvalue weighted by Gasteiger charge is 2.18. The molecule has 0 bridgehead atoms. The summed E-state index contributed by atoms with van der Waals surface area (Å²) < 4.78 is 42.3. The molecule has 5 nitrogen and oxygen atoms in total. The maximum absolute atomic E-state index is 12.4. The molecule has 1 atom stereocenters. The van der Waals surface area contributed by atoms with Gasteiger partial charge in [-0.05, 0) is 6.92 Å². The van der Waals surface area contributed by atoms with Gasteiger partial charge in [0.05, 0.1) is 17.6 Å². The summed E-state index contributed by atoms with van der Waals surface area (Å²) in [7, 11) is -4.08. The smallest absolute Gasteiger partial charge is 0.267 e. The number of nitrogens with zero attached hydrogens (tertiary/aromatic N) is 2. The summed E-state index contributed by atoms with van der Waals surface area (Å²) in [4.78, 5) is 7.14. The first-order valence-corrected chi connectivity index (χ1v) is 5.32. The first-order valence-electron chi connectivity index (χ1n) is 3.82. The van der Waals surface area contributed by atoms with E-state index >= 15 is 0 Å². The summed E-state index contributed by atoms with van der Waals surface area (Å²) in [6.45, 7) is 1.32. The lowest BCUT2D eigenvalue weighted by atomic mass is 10.3. The summed E-state index contributed by atoms with van der Waals surface area (Å²) in [5.41, 5.74) is 0. The molecule has 0 aliphatic heterocycles. The Morgan fingerprint density at radius 1 is 1.50 bits per heavy atom. The molecule has 14 heavy (non-hydrogen) atoms. The zero-order valence-electron chi connectivity index (χ0n) is 7.38. The third kappa shape index (κ3) is 3.00. The van der Waals surface area contributed by atoms with Gasteiger partial charge in [0, 0.05) is 6.42 Å². The maximum atomic E-state index is 12.4. The fourth-order valence-electron chi connectivity index (χ4n) is 0.807. The number of aromatic nitrogens is 2. The van der Waals surface area contributed by atoms with Gasteiger partial charge in [-0.25, -0.2) is 14.4 Å². The number of halogens is 1. The van der Waals surface area contributed by atoms with Gasteiger partial charge in [-0.2, -0.15) is 8.42 Å². The molecular formula is C7H9FN2O3S. The average molecular weight is 220 g/mol. The van der Waals surface area contributed by atoms with E-state index in [0.29, 0.717) is 0 Å². The lowest BCUT2D eigenvalue weighted by molar-refractivity contribution is 0.468. The minimum atomic E-state index is -4.08. The van der Waals surface area contributed by atoms with Crippen molar-refractivity contribution in [1.29, 1.82) is 0 Å². The standard InChI is InChI=1S/C7H9FN2O3S/c1-5(14(11,12)13)2-7-9-3-6(8)4-10-7/h3-5H,2H2,1H3,(H,11,12,13)/t5-/m0/s1. The zero-order valence-corrected chi connectivity index (χ0v) is 8.20. The van der Waals surface area contributed by atoms with Gasteiger partial charge in [0.1, 0.15) is 5.82 Å². The zero-order chi connectivity index (χ0) is 10.8. The van der Waals surface area contributed by atoms with Gasteiger partial charge < -0.3 is 0 Å². The van der Waals surface area contributed by atoms with Gasteiger partial charge in [0.15, 0.2) is 5.82 Å². The van der Waals surface area contributed by atoms with Crippen molar-refractivity contribution < 1.29 is 17.4 Å². The second kappa shape index (κ2) is 3.97. The van der Waals surface area contributed by atoms with Crippen LogP contribution in [0.3, 0.4) is 0 Å². The molecule has 78 valence electrons. The molecule has 0 radical (unpaired) electrons. The molecular weight excluding hydrogens is 211 g/mol. The molecule has 7 heteroatoms. The Hall–Kier alpha value is -1.08. The van der Waals surface area contributed by atoms with Crippen molar-refractivity contribution >= 4 is 10.1 Å². The third-order valence-electron chi connectivity index (χ3n) is 1.65. The van der Waals surface area contributed by atoms with Crippen LogP contribution in [0.15, 0.2) is 12.4 Å². The number of rotatable bonds is 3. The van der Waals surface area contributed by atoms with Crippen molar-refractivity contribution in [2.75, 3.05) is 0 Å². The fourth-order valence-corrected chi connectivity index (χ4v) is 1.17. The summed E-state index contributed by atoms with van der Waals surface area (Å²) in [5, 5.41) is -0.993. The molecule has 0 saturated heterocycles. The van der Waals surface area contributed by atoms with Gasteiger partial charge in [-0.15, -0.1) is 0 Å². The van der Waals surface area contributed by atoms with Gasteiger partial charge in [-0.3, -0.25) is 4.55 Å². The van der Waals surface area contributed by atoms with Crippen LogP contribution in [0.4, 0.5) is 4.39 Å². The Morgan fingerprint density at radius 2 is 2.00 bits per heavy atom. The minimum Gasteiger partial charge on any atom is -0.285 e. The van der Waals surface area contributed by atoms with E-state index in [4.69, 9.17) is 4.55 Å². The van der Waals surface area contributed by atoms with Crippen LogP contribution in [0.2, 0.25) is 0 Å². The molecule has 0 aromatic carbocycles. The van der Waals surface area contributed by atoms with Gasteiger partial charge in [0.25, 0.3) is 10.1 Å². The molecule has 0 fully saturated rings. The summed E-state index contributed by atoms with van der Waals surface area (Å²) in [6.07, 6.45) is 1.84.